The lowest BCUT2D eigenvalue weighted by Gasteiger charge is -2.23. The van der Waals surface area contributed by atoms with Crippen LogP contribution in [0.15, 0.2) is 41.3 Å². The van der Waals surface area contributed by atoms with Crippen molar-refractivity contribution in [3.8, 4) is 5.75 Å². The highest BCUT2D eigenvalue weighted by Crippen LogP contribution is 2.18. The molecule has 2 atom stereocenters. The van der Waals surface area contributed by atoms with Crippen molar-refractivity contribution >= 4 is 17.7 Å². The number of hydrogen-bond donors (Lipinski definition) is 1. The van der Waals surface area contributed by atoms with Crippen molar-refractivity contribution in [3.05, 3.63) is 58.0 Å². The average Bonchev–Trinajstić information content (AvgIpc) is 2.79. The summed E-state index contributed by atoms with van der Waals surface area (Å²) >= 11 is 0. The zero-order valence-electron chi connectivity index (χ0n) is 20.7. The van der Waals surface area contributed by atoms with E-state index in [4.69, 9.17) is 9.47 Å². The van der Waals surface area contributed by atoms with Gasteiger partial charge in [0.15, 0.2) is 5.78 Å². The lowest BCUT2D eigenvalue weighted by molar-refractivity contribution is -0.156. The molecule has 0 fully saturated rings. The predicted octanol–water partition coefficient (Wildman–Crippen LogP) is 2.55. The first kappa shape index (κ1) is 27.7. The molecule has 1 aromatic heterocycles. The number of halogens is 1. The third kappa shape index (κ3) is 8.01. The summed E-state index contributed by atoms with van der Waals surface area (Å²) in [5.41, 5.74) is -0.328. The van der Waals surface area contributed by atoms with E-state index in [1.54, 1.807) is 53.0 Å². The molecule has 1 aromatic carbocycles. The smallest absolute Gasteiger partial charge is 0.308 e. The maximum absolute atomic E-state index is 13.1. The molecule has 0 saturated carbocycles. The highest BCUT2D eigenvalue weighted by Gasteiger charge is 2.30. The van der Waals surface area contributed by atoms with Crippen LogP contribution in [0.25, 0.3) is 0 Å². The summed E-state index contributed by atoms with van der Waals surface area (Å²) in [6, 6.07) is 7.19. The van der Waals surface area contributed by atoms with Gasteiger partial charge in [-0.2, -0.15) is 5.10 Å². The van der Waals surface area contributed by atoms with Crippen LogP contribution in [0.4, 0.5) is 4.39 Å². The van der Waals surface area contributed by atoms with Crippen LogP contribution < -0.4 is 15.6 Å². The Kier molecular flexibility index (Phi) is 9.68. The fourth-order valence-electron chi connectivity index (χ4n) is 3.50. The van der Waals surface area contributed by atoms with Gasteiger partial charge in [0.25, 0.3) is 5.56 Å². The molecule has 0 spiro atoms. The van der Waals surface area contributed by atoms with Crippen LogP contribution in [0.5, 0.6) is 5.75 Å². The minimum atomic E-state index is -1.41. The molecule has 10 heteroatoms. The van der Waals surface area contributed by atoms with Crippen molar-refractivity contribution in [2.24, 2.45) is 0 Å². The van der Waals surface area contributed by atoms with Gasteiger partial charge in [-0.3, -0.25) is 19.2 Å². The molecule has 2 rings (SSSR count). The molecule has 0 radical (unpaired) electrons. The van der Waals surface area contributed by atoms with Gasteiger partial charge in [-0.1, -0.05) is 19.1 Å². The van der Waals surface area contributed by atoms with Crippen molar-refractivity contribution < 1.29 is 28.2 Å². The monoisotopic (exact) mass is 489 g/mol. The summed E-state index contributed by atoms with van der Waals surface area (Å²) in [7, 11) is 1.54. The fourth-order valence-corrected chi connectivity index (χ4v) is 3.50. The summed E-state index contributed by atoms with van der Waals surface area (Å²) in [5.74, 6) is -2.67. The first-order valence-electron chi connectivity index (χ1n) is 11.3. The summed E-state index contributed by atoms with van der Waals surface area (Å²) in [6.45, 7) is 5.47. The van der Waals surface area contributed by atoms with Crippen molar-refractivity contribution in [2.45, 2.75) is 64.6 Å². The van der Waals surface area contributed by atoms with Crippen molar-refractivity contribution in [1.29, 1.82) is 0 Å². The molecule has 1 N–H and O–H groups in total. The highest BCUT2D eigenvalue weighted by molar-refractivity contribution is 5.94. The Morgan fingerprint density at radius 2 is 1.91 bits per heavy atom. The zero-order chi connectivity index (χ0) is 26.2. The minimum absolute atomic E-state index is 0.156. The SMILES string of the molecule is CCC(C(=O)NC(CC(=O)OC(C)(C)C)C(=O)CF)c1ccnn(Cc2cccc(OC)c2)c1=O. The number of benzene rings is 1. The number of esters is 1. The second-order valence-corrected chi connectivity index (χ2v) is 9.01. The molecule has 1 heterocycles. The van der Waals surface area contributed by atoms with E-state index in [2.05, 4.69) is 10.4 Å². The summed E-state index contributed by atoms with van der Waals surface area (Å²) in [5, 5.41) is 6.54. The molecule has 0 saturated heterocycles. The molecule has 2 aromatic rings. The van der Waals surface area contributed by atoms with E-state index in [-0.39, 0.29) is 18.5 Å². The Hall–Kier alpha value is -3.56. The Bertz CT molecular complexity index is 1110. The molecular weight excluding hydrogens is 457 g/mol. The fraction of sp³-hybridized carbons (Fsp3) is 0.480. The zero-order valence-corrected chi connectivity index (χ0v) is 20.7. The molecular formula is C25H32FN3O6. The predicted molar refractivity (Wildman–Crippen MR) is 127 cm³/mol. The molecule has 0 aliphatic rings. The first-order chi connectivity index (χ1) is 16.5. The van der Waals surface area contributed by atoms with E-state index < -0.39 is 53.9 Å². The van der Waals surface area contributed by atoms with Gasteiger partial charge in [-0.05, 0) is 51.0 Å². The molecule has 2 unspecified atom stereocenters. The maximum Gasteiger partial charge on any atom is 0.308 e. The normalized spacial score (nSPS) is 13.0. The van der Waals surface area contributed by atoms with Crippen molar-refractivity contribution in [2.75, 3.05) is 13.8 Å². The molecule has 0 aliphatic carbocycles. The number of carbonyl (C=O) groups is 3. The average molecular weight is 490 g/mol. The van der Waals surface area contributed by atoms with Crippen LogP contribution in [0.1, 0.15) is 57.6 Å². The van der Waals surface area contributed by atoms with Crippen LogP contribution >= 0.6 is 0 Å². The highest BCUT2D eigenvalue weighted by atomic mass is 19.1. The van der Waals surface area contributed by atoms with E-state index in [9.17, 15) is 23.6 Å². The quantitative estimate of drug-likeness (QED) is 0.482. The Balaban J connectivity index is 2.26. The van der Waals surface area contributed by atoms with E-state index in [1.807, 2.05) is 6.07 Å². The number of amides is 1. The number of methoxy groups -OCH3 is 1. The maximum atomic E-state index is 13.1. The van der Waals surface area contributed by atoms with Gasteiger partial charge in [0, 0.05) is 11.8 Å². The number of alkyl halides is 1. The largest absolute Gasteiger partial charge is 0.497 e. The molecule has 9 nitrogen and oxygen atoms in total. The lowest BCUT2D eigenvalue weighted by atomic mass is 9.96. The number of ether oxygens (including phenoxy) is 2. The number of ketones is 1. The standard InChI is InChI=1S/C25H32FN3O6/c1-6-18(23(32)28-20(21(30)14-26)13-22(31)35-25(2,3)4)19-10-11-27-29(24(19)33)15-16-8-7-9-17(12-16)34-5/h7-12,18,20H,6,13-15H2,1-5H3,(H,28,32). The van der Waals surface area contributed by atoms with E-state index >= 15 is 0 Å². The molecule has 1 amide bonds. The van der Waals surface area contributed by atoms with Gasteiger partial charge >= 0.3 is 5.97 Å². The summed E-state index contributed by atoms with van der Waals surface area (Å²) in [4.78, 5) is 50.5. The number of carbonyl (C=O) groups excluding carboxylic acids is 3. The van der Waals surface area contributed by atoms with Gasteiger partial charge in [0.1, 0.15) is 24.1 Å². The van der Waals surface area contributed by atoms with Crippen LogP contribution in [0.2, 0.25) is 0 Å². The van der Waals surface area contributed by atoms with Crippen molar-refractivity contribution in [3.63, 3.8) is 0 Å². The van der Waals surface area contributed by atoms with Gasteiger partial charge in [0.05, 0.1) is 26.0 Å². The Morgan fingerprint density at radius 3 is 2.51 bits per heavy atom. The van der Waals surface area contributed by atoms with Crippen LogP contribution in [-0.2, 0) is 25.7 Å². The third-order valence-electron chi connectivity index (χ3n) is 5.14. The third-order valence-corrected chi connectivity index (χ3v) is 5.14. The topological polar surface area (TPSA) is 117 Å². The van der Waals surface area contributed by atoms with Crippen LogP contribution in [0.3, 0.4) is 0 Å². The van der Waals surface area contributed by atoms with E-state index in [1.165, 1.54) is 16.9 Å². The second kappa shape index (κ2) is 12.2. The van der Waals surface area contributed by atoms with E-state index in [0.717, 1.165) is 5.56 Å². The Morgan fingerprint density at radius 1 is 1.20 bits per heavy atom. The number of nitrogens with one attached hydrogen (secondary N) is 1. The van der Waals surface area contributed by atoms with Crippen molar-refractivity contribution in [1.82, 2.24) is 15.1 Å². The molecule has 190 valence electrons. The molecule has 0 bridgehead atoms. The lowest BCUT2D eigenvalue weighted by Crippen LogP contribution is -2.46. The summed E-state index contributed by atoms with van der Waals surface area (Å²) in [6.07, 6.45) is 1.13. The van der Waals surface area contributed by atoms with Gasteiger partial charge in [0.2, 0.25) is 5.91 Å². The Labute approximate surface area is 203 Å². The van der Waals surface area contributed by atoms with Crippen LogP contribution in [0, 0.1) is 0 Å². The molecule has 35 heavy (non-hydrogen) atoms. The number of hydrogen-bond acceptors (Lipinski definition) is 7. The minimum Gasteiger partial charge on any atom is -0.497 e. The number of aromatic nitrogens is 2. The number of nitrogens with zero attached hydrogens (tertiary/aromatic N) is 2. The van der Waals surface area contributed by atoms with Crippen LogP contribution in [-0.4, -0.2) is 52.9 Å². The number of Topliss-reactive ketones (excluding diaryl/α,β-unsaturated/α-hetero) is 1. The number of rotatable bonds is 11. The van der Waals surface area contributed by atoms with Gasteiger partial charge < -0.3 is 14.8 Å². The summed E-state index contributed by atoms with van der Waals surface area (Å²) < 4.78 is 24.8. The second-order valence-electron chi connectivity index (χ2n) is 9.01. The van der Waals surface area contributed by atoms with Gasteiger partial charge in [-0.15, -0.1) is 0 Å². The van der Waals surface area contributed by atoms with Gasteiger partial charge in [-0.25, -0.2) is 9.07 Å². The molecule has 0 aliphatic heterocycles. The van der Waals surface area contributed by atoms with E-state index in [0.29, 0.717) is 5.75 Å². The first-order valence-corrected chi connectivity index (χ1v) is 11.3.